The van der Waals surface area contributed by atoms with E-state index in [1.807, 2.05) is 0 Å². The molecule has 138 valence electrons. The Morgan fingerprint density at radius 3 is 2.73 bits per heavy atom. The van der Waals surface area contributed by atoms with E-state index in [0.717, 1.165) is 11.8 Å². The molecule has 1 aromatic carbocycles. The number of nitrogens with one attached hydrogen (secondary N) is 1. The Balaban J connectivity index is 1.30. The largest absolute Gasteiger partial charge is 0.486 e. The van der Waals surface area contributed by atoms with Gasteiger partial charge in [0.15, 0.2) is 5.76 Å². The van der Waals surface area contributed by atoms with Crippen LogP contribution in [-0.4, -0.2) is 11.9 Å². The first-order chi connectivity index (χ1) is 12.6. The van der Waals surface area contributed by atoms with Crippen molar-refractivity contribution in [3.63, 3.8) is 0 Å². The third-order valence-electron chi connectivity index (χ3n) is 5.87. The number of amides is 1. The highest BCUT2D eigenvalue weighted by molar-refractivity contribution is 6.30. The Morgan fingerprint density at radius 1 is 1.23 bits per heavy atom. The molecule has 0 saturated heterocycles. The van der Waals surface area contributed by atoms with Gasteiger partial charge in [0.25, 0.3) is 5.91 Å². The van der Waals surface area contributed by atoms with Crippen LogP contribution in [0.25, 0.3) is 0 Å². The van der Waals surface area contributed by atoms with Crippen LogP contribution in [0.3, 0.4) is 0 Å². The SMILES string of the molecule is CC(NC(=O)c1ccc(COc2ccc(Cl)cc2)o1)C1CC2CCC1C2. The molecule has 1 aromatic heterocycles. The van der Waals surface area contributed by atoms with Gasteiger partial charge >= 0.3 is 0 Å². The van der Waals surface area contributed by atoms with E-state index in [4.69, 9.17) is 20.8 Å². The molecular weight excluding hydrogens is 350 g/mol. The first-order valence-electron chi connectivity index (χ1n) is 9.36. The number of halogens is 1. The molecule has 5 heteroatoms. The van der Waals surface area contributed by atoms with Gasteiger partial charge in [0, 0.05) is 11.1 Å². The van der Waals surface area contributed by atoms with E-state index in [1.54, 1.807) is 36.4 Å². The van der Waals surface area contributed by atoms with Gasteiger partial charge in [-0.25, -0.2) is 0 Å². The van der Waals surface area contributed by atoms with Gasteiger partial charge < -0.3 is 14.5 Å². The third kappa shape index (κ3) is 3.75. The summed E-state index contributed by atoms with van der Waals surface area (Å²) in [4.78, 5) is 12.5. The molecule has 4 atom stereocenters. The Bertz CT molecular complexity index is 770. The third-order valence-corrected chi connectivity index (χ3v) is 6.13. The molecule has 0 aliphatic heterocycles. The lowest BCUT2D eigenvalue weighted by molar-refractivity contribution is 0.0883. The summed E-state index contributed by atoms with van der Waals surface area (Å²) >= 11 is 5.86. The summed E-state index contributed by atoms with van der Waals surface area (Å²) in [5, 5.41) is 3.79. The van der Waals surface area contributed by atoms with Gasteiger partial charge in [0.05, 0.1) is 0 Å². The molecule has 0 spiro atoms. The number of hydrogen-bond acceptors (Lipinski definition) is 3. The van der Waals surface area contributed by atoms with Crippen molar-refractivity contribution < 1.29 is 13.9 Å². The monoisotopic (exact) mass is 373 g/mol. The van der Waals surface area contributed by atoms with Crippen molar-refractivity contribution in [2.45, 2.75) is 45.3 Å². The van der Waals surface area contributed by atoms with Gasteiger partial charge in [0.1, 0.15) is 18.1 Å². The van der Waals surface area contributed by atoms with Crippen molar-refractivity contribution in [3.05, 3.63) is 52.9 Å². The van der Waals surface area contributed by atoms with Crippen LogP contribution >= 0.6 is 11.6 Å². The molecule has 2 fully saturated rings. The standard InChI is InChI=1S/C21H24ClNO3/c1-13(19-11-14-2-3-15(19)10-14)23-21(24)20-9-8-18(26-20)12-25-17-6-4-16(22)5-7-17/h4-9,13-15,19H,2-3,10-12H2,1H3,(H,23,24). The fourth-order valence-corrected chi connectivity index (χ4v) is 4.68. The first kappa shape index (κ1) is 17.5. The molecule has 4 rings (SSSR count). The molecule has 2 aromatic rings. The average Bonchev–Trinajstić information content (AvgIpc) is 3.37. The summed E-state index contributed by atoms with van der Waals surface area (Å²) in [6, 6.07) is 10.8. The van der Waals surface area contributed by atoms with E-state index < -0.39 is 0 Å². The van der Waals surface area contributed by atoms with Crippen molar-refractivity contribution in [1.82, 2.24) is 5.32 Å². The van der Waals surface area contributed by atoms with Crippen LogP contribution in [0.15, 0.2) is 40.8 Å². The van der Waals surface area contributed by atoms with E-state index in [1.165, 1.54) is 25.7 Å². The maximum atomic E-state index is 12.5. The van der Waals surface area contributed by atoms with Crippen LogP contribution in [0.1, 0.15) is 48.9 Å². The smallest absolute Gasteiger partial charge is 0.287 e. The molecule has 0 radical (unpaired) electrons. The summed E-state index contributed by atoms with van der Waals surface area (Å²) in [6.07, 6.45) is 5.29. The Kier molecular flexibility index (Phi) is 4.94. The second-order valence-electron chi connectivity index (χ2n) is 7.61. The molecule has 2 aliphatic rings. The number of ether oxygens (including phenoxy) is 1. The summed E-state index contributed by atoms with van der Waals surface area (Å²) in [5.41, 5.74) is 0. The second-order valence-corrected chi connectivity index (χ2v) is 8.05. The minimum atomic E-state index is -0.141. The van der Waals surface area contributed by atoms with Gasteiger partial charge in [-0.2, -0.15) is 0 Å². The zero-order chi connectivity index (χ0) is 18.1. The molecule has 2 aliphatic carbocycles. The highest BCUT2D eigenvalue weighted by atomic mass is 35.5. The van der Waals surface area contributed by atoms with Gasteiger partial charge in [0.2, 0.25) is 0 Å². The number of furan rings is 1. The zero-order valence-electron chi connectivity index (χ0n) is 14.9. The number of benzene rings is 1. The van der Waals surface area contributed by atoms with Crippen LogP contribution < -0.4 is 10.1 Å². The fourth-order valence-electron chi connectivity index (χ4n) is 4.55. The predicted octanol–water partition coefficient (Wildman–Crippen LogP) is 5.07. The van der Waals surface area contributed by atoms with E-state index >= 15 is 0 Å². The molecule has 4 unspecified atom stereocenters. The molecule has 1 heterocycles. The minimum Gasteiger partial charge on any atom is -0.486 e. The van der Waals surface area contributed by atoms with Gasteiger partial charge in [-0.3, -0.25) is 4.79 Å². The maximum absolute atomic E-state index is 12.5. The normalized spacial score (nSPS) is 25.2. The van der Waals surface area contributed by atoms with Crippen LogP contribution in [-0.2, 0) is 6.61 Å². The Labute approximate surface area is 158 Å². The minimum absolute atomic E-state index is 0.141. The van der Waals surface area contributed by atoms with Crippen molar-refractivity contribution >= 4 is 17.5 Å². The highest BCUT2D eigenvalue weighted by Gasteiger charge is 2.42. The summed E-state index contributed by atoms with van der Waals surface area (Å²) in [5.74, 6) is 3.81. The molecule has 26 heavy (non-hydrogen) atoms. The summed E-state index contributed by atoms with van der Waals surface area (Å²) in [6.45, 7) is 2.40. The topological polar surface area (TPSA) is 51.5 Å². The molecular formula is C21H24ClNO3. The first-order valence-corrected chi connectivity index (χ1v) is 9.74. The van der Waals surface area contributed by atoms with E-state index in [0.29, 0.717) is 28.2 Å². The molecule has 4 nitrogen and oxygen atoms in total. The van der Waals surface area contributed by atoms with Crippen molar-refractivity contribution in [3.8, 4) is 5.75 Å². The quantitative estimate of drug-likeness (QED) is 0.769. The molecule has 1 N–H and O–H groups in total. The number of carbonyl (C=O) groups is 1. The lowest BCUT2D eigenvalue weighted by Crippen LogP contribution is -2.40. The number of fused-ring (bicyclic) bond motifs is 2. The number of hydrogen-bond donors (Lipinski definition) is 1. The zero-order valence-corrected chi connectivity index (χ0v) is 15.7. The maximum Gasteiger partial charge on any atom is 0.287 e. The highest BCUT2D eigenvalue weighted by Crippen LogP contribution is 2.49. The van der Waals surface area contributed by atoms with Crippen LogP contribution in [0, 0.1) is 17.8 Å². The number of rotatable bonds is 6. The summed E-state index contributed by atoms with van der Waals surface area (Å²) < 4.78 is 11.3. The van der Waals surface area contributed by atoms with Crippen LogP contribution in [0.2, 0.25) is 5.02 Å². The average molecular weight is 374 g/mol. The van der Waals surface area contributed by atoms with Crippen LogP contribution in [0.5, 0.6) is 5.75 Å². The molecule has 2 bridgehead atoms. The van der Waals surface area contributed by atoms with E-state index in [2.05, 4.69) is 12.2 Å². The van der Waals surface area contributed by atoms with Crippen molar-refractivity contribution in [2.75, 3.05) is 0 Å². The van der Waals surface area contributed by atoms with Gasteiger partial charge in [-0.05, 0) is 80.3 Å². The Morgan fingerprint density at radius 2 is 2.04 bits per heavy atom. The van der Waals surface area contributed by atoms with Crippen molar-refractivity contribution in [2.24, 2.45) is 17.8 Å². The fraction of sp³-hybridized carbons (Fsp3) is 0.476. The lowest BCUT2D eigenvalue weighted by Gasteiger charge is -2.28. The lowest BCUT2D eigenvalue weighted by atomic mass is 9.84. The predicted molar refractivity (Wildman–Crippen MR) is 100 cm³/mol. The van der Waals surface area contributed by atoms with Gasteiger partial charge in [-0.15, -0.1) is 0 Å². The van der Waals surface area contributed by atoms with Crippen molar-refractivity contribution in [1.29, 1.82) is 0 Å². The van der Waals surface area contributed by atoms with Crippen LogP contribution in [0.4, 0.5) is 0 Å². The summed E-state index contributed by atoms with van der Waals surface area (Å²) in [7, 11) is 0. The van der Waals surface area contributed by atoms with E-state index in [-0.39, 0.29) is 18.6 Å². The number of carbonyl (C=O) groups excluding carboxylic acids is 1. The molecule has 1 amide bonds. The van der Waals surface area contributed by atoms with E-state index in [9.17, 15) is 4.79 Å². The van der Waals surface area contributed by atoms with Gasteiger partial charge in [-0.1, -0.05) is 18.0 Å². The Hall–Kier alpha value is -1.94. The second kappa shape index (κ2) is 7.36. The molecule has 2 saturated carbocycles.